The maximum absolute atomic E-state index is 12.9. The van der Waals surface area contributed by atoms with Gasteiger partial charge in [-0.05, 0) is 44.2 Å². The van der Waals surface area contributed by atoms with Gasteiger partial charge < -0.3 is 9.52 Å². The molecule has 0 radical (unpaired) electrons. The molecule has 146 valence electrons. The van der Waals surface area contributed by atoms with Crippen molar-refractivity contribution in [3.63, 3.8) is 0 Å². The fraction of sp³-hybridized carbons (Fsp3) is 0.316. The van der Waals surface area contributed by atoms with Crippen molar-refractivity contribution in [1.29, 1.82) is 0 Å². The van der Waals surface area contributed by atoms with Gasteiger partial charge in [0, 0.05) is 16.7 Å². The largest absolute Gasteiger partial charge is 0.481 e. The van der Waals surface area contributed by atoms with Gasteiger partial charge >= 0.3 is 16.1 Å². The van der Waals surface area contributed by atoms with E-state index in [1.165, 1.54) is 13.0 Å². The van der Waals surface area contributed by atoms with Crippen molar-refractivity contribution in [1.82, 2.24) is 0 Å². The number of Topliss-reactive ketones (excluding diaryl/α,β-unsaturated/α-hetero) is 2. The molecule has 0 fully saturated rings. The topological polar surface area (TPSA) is 139 Å². The number of fused-ring (bicyclic) bond motifs is 5. The number of ketones is 2. The number of carbonyl (C=O) groups is 3. The standard InChI is InChI=1S/C19H16O8S/c1-8-12-14(20)15(21)13-9-4-3-7-19(2,18(22)23)11(9)6-5-10(13)16(12)27-17(8)28(24,25)26/h5-6H,3-4,7H2,1-2H3,(H,22,23)(H,24,25,26)/t19-/m0/s1. The van der Waals surface area contributed by atoms with E-state index in [0.717, 1.165) is 0 Å². The second kappa shape index (κ2) is 5.62. The highest BCUT2D eigenvalue weighted by Crippen LogP contribution is 2.46. The Morgan fingerprint density at radius 2 is 1.82 bits per heavy atom. The molecule has 4 rings (SSSR count). The number of carboxylic acids is 1. The SMILES string of the molecule is Cc1c(S(=O)(=O)O)oc2c1C(=O)C(=O)c1c-2ccc2c1CCC[C@]2(C)C(=O)O. The number of aliphatic carboxylic acids is 1. The van der Waals surface area contributed by atoms with Crippen LogP contribution in [0.25, 0.3) is 11.3 Å². The van der Waals surface area contributed by atoms with Gasteiger partial charge in [0.2, 0.25) is 16.7 Å². The number of rotatable bonds is 2. The lowest BCUT2D eigenvalue weighted by atomic mass is 9.68. The molecule has 1 aromatic heterocycles. The first kappa shape index (κ1) is 18.6. The predicted molar refractivity (Wildman–Crippen MR) is 95.3 cm³/mol. The molecule has 2 aromatic rings. The summed E-state index contributed by atoms with van der Waals surface area (Å²) in [5.74, 6) is -2.89. The van der Waals surface area contributed by atoms with E-state index in [1.54, 1.807) is 13.0 Å². The molecule has 1 heterocycles. The lowest BCUT2D eigenvalue weighted by Gasteiger charge is -2.34. The summed E-state index contributed by atoms with van der Waals surface area (Å²) >= 11 is 0. The molecular weight excluding hydrogens is 388 g/mol. The van der Waals surface area contributed by atoms with Gasteiger partial charge in [0.25, 0.3) is 0 Å². The van der Waals surface area contributed by atoms with Crippen molar-refractivity contribution in [3.8, 4) is 11.3 Å². The third-order valence-corrected chi connectivity index (χ3v) is 6.58. The molecule has 2 aliphatic rings. The monoisotopic (exact) mass is 404 g/mol. The normalized spacial score (nSPS) is 21.1. The minimum Gasteiger partial charge on any atom is -0.481 e. The molecule has 0 bridgehead atoms. The van der Waals surface area contributed by atoms with E-state index in [0.29, 0.717) is 30.4 Å². The summed E-state index contributed by atoms with van der Waals surface area (Å²) in [7, 11) is -4.73. The molecule has 8 nitrogen and oxygen atoms in total. The highest BCUT2D eigenvalue weighted by atomic mass is 32.2. The Balaban J connectivity index is 2.07. The molecule has 28 heavy (non-hydrogen) atoms. The van der Waals surface area contributed by atoms with Crippen molar-refractivity contribution >= 4 is 27.7 Å². The van der Waals surface area contributed by atoms with Gasteiger partial charge in [0.15, 0.2) is 0 Å². The number of carboxylic acid groups (broad SMARTS) is 1. The highest BCUT2D eigenvalue weighted by Gasteiger charge is 2.45. The van der Waals surface area contributed by atoms with Crippen LogP contribution in [0.2, 0.25) is 0 Å². The minimum absolute atomic E-state index is 0.0535. The van der Waals surface area contributed by atoms with Crippen LogP contribution in [0.3, 0.4) is 0 Å². The van der Waals surface area contributed by atoms with Crippen molar-refractivity contribution in [2.75, 3.05) is 0 Å². The van der Waals surface area contributed by atoms with Crippen LogP contribution in [0, 0.1) is 6.92 Å². The molecular formula is C19H16O8S. The summed E-state index contributed by atoms with van der Waals surface area (Å²) in [6, 6.07) is 3.06. The van der Waals surface area contributed by atoms with Crippen LogP contribution < -0.4 is 0 Å². The van der Waals surface area contributed by atoms with Crippen LogP contribution >= 0.6 is 0 Å². The lowest BCUT2D eigenvalue weighted by Crippen LogP contribution is -2.37. The summed E-state index contributed by atoms with van der Waals surface area (Å²) < 4.78 is 37.8. The average Bonchev–Trinajstić information content (AvgIpc) is 2.97. The molecule has 0 amide bonds. The average molecular weight is 404 g/mol. The molecule has 9 heteroatoms. The van der Waals surface area contributed by atoms with E-state index in [1.807, 2.05) is 0 Å². The predicted octanol–water partition coefficient (Wildman–Crippen LogP) is 2.56. The number of hydrogen-bond donors (Lipinski definition) is 2. The summed E-state index contributed by atoms with van der Waals surface area (Å²) in [4.78, 5) is 37.5. The number of furan rings is 1. The Morgan fingerprint density at radius 1 is 1.18 bits per heavy atom. The molecule has 0 saturated heterocycles. The van der Waals surface area contributed by atoms with Gasteiger partial charge in [0.1, 0.15) is 5.76 Å². The Hall–Kier alpha value is -2.78. The zero-order chi connectivity index (χ0) is 20.6. The van der Waals surface area contributed by atoms with Crippen LogP contribution in [0.1, 0.15) is 57.2 Å². The summed E-state index contributed by atoms with van der Waals surface area (Å²) in [5, 5.41) is 8.91. The van der Waals surface area contributed by atoms with E-state index in [9.17, 15) is 32.5 Å². The molecule has 0 saturated carbocycles. The van der Waals surface area contributed by atoms with Gasteiger partial charge in [-0.15, -0.1) is 0 Å². The van der Waals surface area contributed by atoms with Crippen LogP contribution in [-0.4, -0.2) is 35.6 Å². The Kier molecular flexibility index (Phi) is 3.73. The smallest absolute Gasteiger partial charge is 0.328 e. The van der Waals surface area contributed by atoms with E-state index in [2.05, 4.69) is 0 Å². The second-order valence-electron chi connectivity index (χ2n) is 7.36. The molecule has 1 aromatic carbocycles. The molecule has 0 spiro atoms. The van der Waals surface area contributed by atoms with Crippen molar-refractivity contribution in [2.24, 2.45) is 0 Å². The first-order valence-corrected chi connectivity index (χ1v) is 10.0. The Labute approximate surface area is 159 Å². The maximum atomic E-state index is 12.9. The Morgan fingerprint density at radius 3 is 2.43 bits per heavy atom. The molecule has 2 aliphatic carbocycles. The first-order chi connectivity index (χ1) is 13.0. The van der Waals surface area contributed by atoms with Crippen molar-refractivity contribution in [2.45, 2.75) is 43.6 Å². The van der Waals surface area contributed by atoms with Crippen molar-refractivity contribution < 1.29 is 36.9 Å². The van der Waals surface area contributed by atoms with Gasteiger partial charge in [-0.25, -0.2) is 0 Å². The first-order valence-electron chi connectivity index (χ1n) is 8.58. The molecule has 1 atom stereocenters. The van der Waals surface area contributed by atoms with Gasteiger partial charge in [-0.3, -0.25) is 18.9 Å². The quantitative estimate of drug-likeness (QED) is 0.575. The van der Waals surface area contributed by atoms with E-state index >= 15 is 0 Å². The number of benzene rings is 1. The number of carbonyl (C=O) groups excluding carboxylic acids is 2. The zero-order valence-electron chi connectivity index (χ0n) is 15.0. The van der Waals surface area contributed by atoms with E-state index < -0.39 is 38.2 Å². The molecule has 0 aliphatic heterocycles. The van der Waals surface area contributed by atoms with Crippen LogP contribution in [-0.2, 0) is 26.7 Å². The van der Waals surface area contributed by atoms with Crippen LogP contribution in [0.5, 0.6) is 0 Å². The summed E-state index contributed by atoms with van der Waals surface area (Å²) in [5.41, 5.74) is -0.293. The number of hydrogen-bond acceptors (Lipinski definition) is 6. The third kappa shape index (κ3) is 2.26. The second-order valence-corrected chi connectivity index (χ2v) is 8.68. The highest BCUT2D eigenvalue weighted by molar-refractivity contribution is 7.85. The maximum Gasteiger partial charge on any atom is 0.328 e. The molecule has 0 unspecified atom stereocenters. The van der Waals surface area contributed by atoms with Gasteiger partial charge in [0.05, 0.1) is 11.0 Å². The third-order valence-electron chi connectivity index (χ3n) is 5.73. The van der Waals surface area contributed by atoms with Gasteiger partial charge in [-0.2, -0.15) is 8.42 Å². The van der Waals surface area contributed by atoms with Crippen LogP contribution in [0.4, 0.5) is 0 Å². The summed E-state index contributed by atoms with van der Waals surface area (Å²) in [6.07, 6.45) is 1.34. The molecule has 2 N–H and O–H groups in total. The van der Waals surface area contributed by atoms with E-state index in [-0.39, 0.29) is 28.0 Å². The minimum atomic E-state index is -4.73. The van der Waals surface area contributed by atoms with Gasteiger partial charge in [-0.1, -0.05) is 12.1 Å². The van der Waals surface area contributed by atoms with Crippen molar-refractivity contribution in [3.05, 3.63) is 39.9 Å². The van der Waals surface area contributed by atoms with Crippen LogP contribution in [0.15, 0.2) is 21.6 Å². The fourth-order valence-electron chi connectivity index (χ4n) is 4.28. The summed E-state index contributed by atoms with van der Waals surface area (Å²) in [6.45, 7) is 2.86. The lowest BCUT2D eigenvalue weighted by molar-refractivity contribution is -0.143. The van der Waals surface area contributed by atoms with E-state index in [4.69, 9.17) is 4.42 Å². The Bertz CT molecular complexity index is 1200. The fourth-order valence-corrected chi connectivity index (χ4v) is 4.96. The zero-order valence-corrected chi connectivity index (χ0v) is 15.8.